The Labute approximate surface area is 178 Å². The number of Topliss-reactive ketones (excluding diaryl/α,β-unsaturated/α-hetero) is 1. The van der Waals surface area contributed by atoms with Crippen LogP contribution in [0, 0.1) is 17.1 Å². The van der Waals surface area contributed by atoms with Crippen LogP contribution in [0.5, 0.6) is 5.75 Å². The largest absolute Gasteiger partial charge is 0.435 e. The van der Waals surface area contributed by atoms with E-state index in [-0.39, 0.29) is 59.6 Å². The zero-order valence-corrected chi connectivity index (χ0v) is 16.7. The molecule has 1 saturated heterocycles. The van der Waals surface area contributed by atoms with Crippen LogP contribution < -0.4 is 10.1 Å². The van der Waals surface area contributed by atoms with Gasteiger partial charge in [-0.15, -0.1) is 12.4 Å². The van der Waals surface area contributed by atoms with Gasteiger partial charge in [-0.3, -0.25) is 4.79 Å². The predicted molar refractivity (Wildman–Crippen MR) is 105 cm³/mol. The van der Waals surface area contributed by atoms with Crippen LogP contribution in [-0.2, 0) is 22.4 Å². The van der Waals surface area contributed by atoms with Crippen molar-refractivity contribution in [2.75, 3.05) is 19.7 Å². The Balaban J connectivity index is 0.00000320. The van der Waals surface area contributed by atoms with E-state index in [2.05, 4.69) is 10.1 Å². The Bertz CT molecular complexity index is 928. The zero-order valence-electron chi connectivity index (χ0n) is 15.9. The summed E-state index contributed by atoms with van der Waals surface area (Å²) >= 11 is 0. The van der Waals surface area contributed by atoms with Gasteiger partial charge in [0.2, 0.25) is 0 Å². The molecule has 0 bridgehead atoms. The van der Waals surface area contributed by atoms with E-state index in [4.69, 9.17) is 10.00 Å². The molecule has 1 atom stereocenters. The molecule has 0 amide bonds. The molecule has 1 aliphatic rings. The lowest BCUT2D eigenvalue weighted by Gasteiger charge is -2.24. The number of morpholine rings is 1. The van der Waals surface area contributed by atoms with Crippen molar-refractivity contribution in [3.05, 3.63) is 64.5 Å². The number of alkyl halides is 2. The third-order valence-corrected chi connectivity index (χ3v) is 4.56. The van der Waals surface area contributed by atoms with Crippen LogP contribution in [0.15, 0.2) is 36.4 Å². The number of nitrogens with one attached hydrogen (secondary N) is 1. The highest BCUT2D eigenvalue weighted by Gasteiger charge is 2.19. The minimum Gasteiger partial charge on any atom is -0.435 e. The average Bonchev–Trinajstić information content (AvgIpc) is 2.71. The van der Waals surface area contributed by atoms with Crippen molar-refractivity contribution in [2.24, 2.45) is 0 Å². The first kappa shape index (κ1) is 23.7. The van der Waals surface area contributed by atoms with Crippen LogP contribution in [-0.4, -0.2) is 32.1 Å². The molecule has 160 valence electrons. The van der Waals surface area contributed by atoms with E-state index in [9.17, 15) is 18.0 Å². The van der Waals surface area contributed by atoms with Gasteiger partial charge in [0, 0.05) is 31.5 Å². The van der Waals surface area contributed by atoms with Gasteiger partial charge in [-0.25, -0.2) is 4.39 Å². The fraction of sp³-hybridized carbons (Fsp3) is 0.333. The Morgan fingerprint density at radius 2 is 2.00 bits per heavy atom. The van der Waals surface area contributed by atoms with Gasteiger partial charge in [-0.2, -0.15) is 14.0 Å². The predicted octanol–water partition coefficient (Wildman–Crippen LogP) is 3.74. The number of benzene rings is 2. The summed E-state index contributed by atoms with van der Waals surface area (Å²) in [7, 11) is 0. The van der Waals surface area contributed by atoms with Crippen molar-refractivity contribution in [1.82, 2.24) is 5.32 Å². The third-order valence-electron chi connectivity index (χ3n) is 4.56. The normalized spacial score (nSPS) is 15.9. The molecule has 0 aromatic heterocycles. The molecule has 0 spiro atoms. The quantitative estimate of drug-likeness (QED) is 0.710. The SMILES string of the molecule is Cl.N#Cc1ccc(OC(F)F)c(CC(=O)Cc2ccc([C@H]3CNCCO3)cc2F)c1. The first-order valence-corrected chi connectivity index (χ1v) is 9.06. The van der Waals surface area contributed by atoms with Gasteiger partial charge in [0.15, 0.2) is 0 Å². The van der Waals surface area contributed by atoms with E-state index < -0.39 is 12.4 Å². The summed E-state index contributed by atoms with van der Waals surface area (Å²) in [6.45, 7) is -1.19. The molecule has 9 heteroatoms. The first-order valence-electron chi connectivity index (χ1n) is 9.06. The number of hydrogen-bond acceptors (Lipinski definition) is 5. The van der Waals surface area contributed by atoms with Crippen LogP contribution in [0.2, 0.25) is 0 Å². The minimum atomic E-state index is -3.06. The molecule has 30 heavy (non-hydrogen) atoms. The van der Waals surface area contributed by atoms with Crippen LogP contribution in [0.4, 0.5) is 13.2 Å². The van der Waals surface area contributed by atoms with Crippen molar-refractivity contribution in [2.45, 2.75) is 25.6 Å². The number of halogens is 4. The van der Waals surface area contributed by atoms with Crippen LogP contribution in [0.1, 0.15) is 28.4 Å². The highest BCUT2D eigenvalue weighted by atomic mass is 35.5. The average molecular weight is 441 g/mol. The van der Waals surface area contributed by atoms with Gasteiger partial charge in [0.25, 0.3) is 0 Å². The van der Waals surface area contributed by atoms with Gasteiger partial charge in [0.05, 0.1) is 24.3 Å². The van der Waals surface area contributed by atoms with E-state index in [0.29, 0.717) is 18.7 Å². The second-order valence-corrected chi connectivity index (χ2v) is 6.62. The summed E-state index contributed by atoms with van der Waals surface area (Å²) in [4.78, 5) is 12.4. The maximum absolute atomic E-state index is 14.5. The second kappa shape index (κ2) is 11.0. The molecule has 5 nitrogen and oxygen atoms in total. The molecular weight excluding hydrogens is 421 g/mol. The van der Waals surface area contributed by atoms with E-state index >= 15 is 0 Å². The van der Waals surface area contributed by atoms with Gasteiger partial charge in [-0.05, 0) is 35.4 Å². The molecular formula is C21H20ClF3N2O3. The number of rotatable bonds is 7. The zero-order chi connectivity index (χ0) is 20.8. The highest BCUT2D eigenvalue weighted by molar-refractivity contribution is 5.85. The summed E-state index contributed by atoms with van der Waals surface area (Å²) in [5.41, 5.74) is 1.26. The lowest BCUT2D eigenvalue weighted by molar-refractivity contribution is -0.118. The number of carbonyl (C=O) groups excluding carboxylic acids is 1. The molecule has 0 saturated carbocycles. The number of carbonyl (C=O) groups is 1. The molecule has 1 heterocycles. The fourth-order valence-electron chi connectivity index (χ4n) is 3.17. The van der Waals surface area contributed by atoms with E-state index in [1.807, 2.05) is 6.07 Å². The monoisotopic (exact) mass is 440 g/mol. The summed E-state index contributed by atoms with van der Waals surface area (Å²) < 4.78 is 49.6. The lowest BCUT2D eigenvalue weighted by atomic mass is 9.98. The lowest BCUT2D eigenvalue weighted by Crippen LogP contribution is -2.33. The maximum Gasteiger partial charge on any atom is 0.387 e. The Kier molecular flexibility index (Phi) is 8.66. The van der Waals surface area contributed by atoms with Crippen molar-refractivity contribution in [1.29, 1.82) is 5.26 Å². The van der Waals surface area contributed by atoms with Crippen molar-refractivity contribution in [3.8, 4) is 11.8 Å². The Morgan fingerprint density at radius 1 is 1.23 bits per heavy atom. The number of ether oxygens (including phenoxy) is 2. The second-order valence-electron chi connectivity index (χ2n) is 6.62. The van der Waals surface area contributed by atoms with Gasteiger partial charge >= 0.3 is 6.61 Å². The first-order chi connectivity index (χ1) is 14.0. The molecule has 2 aromatic rings. The topological polar surface area (TPSA) is 71.3 Å². The smallest absolute Gasteiger partial charge is 0.387 e. The summed E-state index contributed by atoms with van der Waals surface area (Å²) in [5.74, 6) is -1.09. The molecule has 0 radical (unpaired) electrons. The van der Waals surface area contributed by atoms with Gasteiger partial charge in [-0.1, -0.05) is 12.1 Å². The summed E-state index contributed by atoms with van der Waals surface area (Å²) in [6, 6.07) is 10.3. The third kappa shape index (κ3) is 6.20. The Morgan fingerprint density at radius 3 is 2.63 bits per heavy atom. The molecule has 1 fully saturated rings. The van der Waals surface area contributed by atoms with Crippen LogP contribution >= 0.6 is 12.4 Å². The molecule has 0 unspecified atom stereocenters. The molecule has 3 rings (SSSR count). The maximum atomic E-state index is 14.5. The van der Waals surface area contributed by atoms with E-state index in [1.165, 1.54) is 30.3 Å². The number of nitriles is 1. The number of nitrogens with zero attached hydrogens (tertiary/aromatic N) is 1. The molecule has 1 aliphatic heterocycles. The van der Waals surface area contributed by atoms with Crippen molar-refractivity contribution >= 4 is 18.2 Å². The van der Waals surface area contributed by atoms with Crippen LogP contribution in [0.3, 0.4) is 0 Å². The standard InChI is InChI=1S/C21H19F3N2O3.ClH/c22-18-10-15(20-12-26-5-6-28-20)3-2-14(18)8-17(27)9-16-7-13(11-25)1-4-19(16)29-21(23)24;/h1-4,7,10,20-21,26H,5-6,8-9,12H2;1H/t20-;/m1./s1. The highest BCUT2D eigenvalue weighted by Crippen LogP contribution is 2.25. The van der Waals surface area contributed by atoms with E-state index in [0.717, 1.165) is 6.54 Å². The fourth-order valence-corrected chi connectivity index (χ4v) is 3.17. The summed E-state index contributed by atoms with van der Waals surface area (Å²) in [5, 5.41) is 12.2. The van der Waals surface area contributed by atoms with Crippen LogP contribution in [0.25, 0.3) is 0 Å². The van der Waals surface area contributed by atoms with Gasteiger partial charge < -0.3 is 14.8 Å². The minimum absolute atomic E-state index is 0. The molecule has 2 aromatic carbocycles. The molecule has 0 aliphatic carbocycles. The van der Waals surface area contributed by atoms with Gasteiger partial charge in [0.1, 0.15) is 17.3 Å². The molecule has 1 N–H and O–H groups in total. The van der Waals surface area contributed by atoms with Crippen molar-refractivity contribution in [3.63, 3.8) is 0 Å². The summed E-state index contributed by atoms with van der Waals surface area (Å²) in [6.07, 6.45) is -0.708. The van der Waals surface area contributed by atoms with E-state index in [1.54, 1.807) is 6.07 Å². The van der Waals surface area contributed by atoms with Crippen molar-refractivity contribution < 1.29 is 27.4 Å². The Hall–Kier alpha value is -2.60. The number of ketones is 1. The number of hydrogen-bond donors (Lipinski definition) is 1.